The lowest BCUT2D eigenvalue weighted by Gasteiger charge is -2.32. The summed E-state index contributed by atoms with van der Waals surface area (Å²) >= 11 is 0. The molecule has 3 aromatic rings. The quantitative estimate of drug-likeness (QED) is 0.454. The summed E-state index contributed by atoms with van der Waals surface area (Å²) in [5, 5.41) is 2.85. The van der Waals surface area contributed by atoms with Gasteiger partial charge in [0, 0.05) is 17.3 Å². The van der Waals surface area contributed by atoms with Gasteiger partial charge in [0.25, 0.3) is 5.91 Å². The Labute approximate surface area is 193 Å². The minimum Gasteiger partial charge on any atom is -0.459 e. The number of hydrogen-bond donors (Lipinski definition) is 1. The van der Waals surface area contributed by atoms with E-state index in [0.717, 1.165) is 54.8 Å². The van der Waals surface area contributed by atoms with Crippen molar-refractivity contribution in [3.63, 3.8) is 0 Å². The molecule has 0 bridgehead atoms. The monoisotopic (exact) mass is 474 g/mol. The number of furan rings is 1. The number of carbonyl (C=O) groups excluding carboxylic acids is 2. The predicted octanol–water partition coefficient (Wildman–Crippen LogP) is 5.88. The molecular formula is C25H22F4N2O3. The number of benzene rings is 2. The van der Waals surface area contributed by atoms with Gasteiger partial charge in [-0.1, -0.05) is 37.1 Å². The first-order chi connectivity index (χ1) is 16.3. The van der Waals surface area contributed by atoms with Gasteiger partial charge in [-0.05, 0) is 49.2 Å². The maximum Gasteiger partial charge on any atom is 0.416 e. The number of carbonyl (C=O) groups is 2. The summed E-state index contributed by atoms with van der Waals surface area (Å²) < 4.78 is 60.5. The summed E-state index contributed by atoms with van der Waals surface area (Å²) in [4.78, 5) is 27.8. The van der Waals surface area contributed by atoms with Crippen molar-refractivity contribution in [3.8, 4) is 0 Å². The van der Waals surface area contributed by atoms with Crippen LogP contribution < -0.4 is 10.2 Å². The summed E-state index contributed by atoms with van der Waals surface area (Å²) in [5.41, 5.74) is -1.37. The van der Waals surface area contributed by atoms with Gasteiger partial charge in [0.05, 0.1) is 11.8 Å². The van der Waals surface area contributed by atoms with E-state index in [2.05, 4.69) is 5.32 Å². The molecule has 1 heterocycles. The number of nitrogens with one attached hydrogen (secondary N) is 1. The third kappa shape index (κ3) is 4.98. The molecule has 4 rings (SSSR count). The molecule has 0 unspecified atom stereocenters. The highest BCUT2D eigenvalue weighted by Gasteiger charge is 2.38. The van der Waals surface area contributed by atoms with Gasteiger partial charge in [-0.3, -0.25) is 14.5 Å². The van der Waals surface area contributed by atoms with E-state index in [1.165, 1.54) is 42.7 Å². The zero-order chi connectivity index (χ0) is 24.3. The van der Waals surface area contributed by atoms with Gasteiger partial charge < -0.3 is 9.73 Å². The third-order valence-corrected chi connectivity index (χ3v) is 5.81. The van der Waals surface area contributed by atoms with Crippen molar-refractivity contribution in [2.45, 2.75) is 43.9 Å². The standard InChI is InChI=1S/C25H22F4N2O3/c26-20-12-4-3-11-19(20)22(23(32)30-17-8-1-2-9-17)31(24(33)21-13-6-14-34-21)18-10-5-7-16(15-18)25(27,28)29/h3-7,10-15,17,22H,1-2,8-9H2,(H,30,32)/t22-/m1/s1. The van der Waals surface area contributed by atoms with Crippen LogP contribution in [-0.4, -0.2) is 17.9 Å². The van der Waals surface area contributed by atoms with E-state index in [0.29, 0.717) is 0 Å². The Morgan fingerprint density at radius 2 is 1.74 bits per heavy atom. The summed E-state index contributed by atoms with van der Waals surface area (Å²) in [6, 6.07) is 10.4. The van der Waals surface area contributed by atoms with Crippen molar-refractivity contribution in [1.82, 2.24) is 5.32 Å². The smallest absolute Gasteiger partial charge is 0.416 e. The number of anilines is 1. The SMILES string of the molecule is O=C(NC1CCCC1)[C@@H](c1ccccc1F)N(C(=O)c1ccco1)c1cccc(C(F)(F)F)c1. The number of alkyl halides is 3. The molecule has 0 radical (unpaired) electrons. The molecule has 2 aromatic carbocycles. The average Bonchev–Trinajstić information content (AvgIpc) is 3.52. The number of hydrogen-bond acceptors (Lipinski definition) is 3. The molecule has 0 saturated heterocycles. The van der Waals surface area contributed by atoms with Gasteiger partial charge in [0.2, 0.25) is 5.91 Å². The normalized spacial score (nSPS) is 15.2. The molecule has 1 aromatic heterocycles. The first-order valence-corrected chi connectivity index (χ1v) is 10.8. The van der Waals surface area contributed by atoms with E-state index >= 15 is 0 Å². The molecule has 1 saturated carbocycles. The van der Waals surface area contributed by atoms with Crippen molar-refractivity contribution >= 4 is 17.5 Å². The number of halogens is 4. The highest BCUT2D eigenvalue weighted by Crippen LogP contribution is 2.36. The molecular weight excluding hydrogens is 452 g/mol. The molecule has 34 heavy (non-hydrogen) atoms. The summed E-state index contributed by atoms with van der Waals surface area (Å²) in [6.07, 6.45) is -0.171. The fourth-order valence-electron chi connectivity index (χ4n) is 4.18. The lowest BCUT2D eigenvalue weighted by atomic mass is 10.0. The topological polar surface area (TPSA) is 62.6 Å². The van der Waals surface area contributed by atoms with Crippen molar-refractivity contribution in [2.75, 3.05) is 4.90 Å². The van der Waals surface area contributed by atoms with Gasteiger partial charge in [-0.2, -0.15) is 13.2 Å². The minimum atomic E-state index is -4.69. The fourth-order valence-corrected chi connectivity index (χ4v) is 4.18. The summed E-state index contributed by atoms with van der Waals surface area (Å²) in [5.74, 6) is -2.53. The van der Waals surface area contributed by atoms with Crippen LogP contribution in [0.3, 0.4) is 0 Å². The molecule has 1 atom stereocenters. The zero-order valence-corrected chi connectivity index (χ0v) is 18.0. The molecule has 2 amide bonds. The Bertz CT molecular complexity index is 1150. The second kappa shape index (κ2) is 9.70. The van der Waals surface area contributed by atoms with E-state index in [4.69, 9.17) is 4.42 Å². The van der Waals surface area contributed by atoms with Crippen molar-refractivity contribution < 1.29 is 31.6 Å². The molecule has 0 spiro atoms. The van der Waals surface area contributed by atoms with Gasteiger partial charge in [0.15, 0.2) is 5.76 Å². The first kappa shape index (κ1) is 23.5. The summed E-state index contributed by atoms with van der Waals surface area (Å²) in [7, 11) is 0. The minimum absolute atomic E-state index is 0.143. The molecule has 1 aliphatic carbocycles. The Morgan fingerprint density at radius 1 is 1.00 bits per heavy atom. The van der Waals surface area contributed by atoms with Crippen molar-refractivity contribution in [2.24, 2.45) is 0 Å². The van der Waals surface area contributed by atoms with Crippen LogP contribution in [0, 0.1) is 5.82 Å². The third-order valence-electron chi connectivity index (χ3n) is 5.81. The van der Waals surface area contributed by atoms with Gasteiger partial charge in [0.1, 0.15) is 11.9 Å². The molecule has 1 aliphatic rings. The maximum atomic E-state index is 14.9. The zero-order valence-electron chi connectivity index (χ0n) is 18.0. The van der Waals surface area contributed by atoms with E-state index in [1.807, 2.05) is 0 Å². The van der Waals surface area contributed by atoms with Crippen LogP contribution in [0.2, 0.25) is 0 Å². The number of nitrogens with zero attached hydrogens (tertiary/aromatic N) is 1. The Balaban J connectivity index is 1.86. The number of amides is 2. The first-order valence-electron chi connectivity index (χ1n) is 10.8. The lowest BCUT2D eigenvalue weighted by molar-refractivity contribution is -0.137. The van der Waals surface area contributed by atoms with Crippen LogP contribution >= 0.6 is 0 Å². The van der Waals surface area contributed by atoms with E-state index < -0.39 is 35.4 Å². The Kier molecular flexibility index (Phi) is 6.72. The Morgan fingerprint density at radius 3 is 2.38 bits per heavy atom. The second-order valence-corrected chi connectivity index (χ2v) is 8.11. The van der Waals surface area contributed by atoms with E-state index in [-0.39, 0.29) is 23.1 Å². The molecule has 9 heteroatoms. The maximum absolute atomic E-state index is 14.9. The Hall–Kier alpha value is -3.62. The van der Waals surface area contributed by atoms with Crippen LogP contribution in [0.4, 0.5) is 23.2 Å². The highest BCUT2D eigenvalue weighted by molar-refractivity contribution is 6.08. The van der Waals surface area contributed by atoms with E-state index in [9.17, 15) is 27.2 Å². The second-order valence-electron chi connectivity index (χ2n) is 8.11. The number of rotatable bonds is 6. The largest absolute Gasteiger partial charge is 0.459 e. The fraction of sp³-hybridized carbons (Fsp3) is 0.280. The van der Waals surface area contributed by atoms with Gasteiger partial charge in [-0.15, -0.1) is 0 Å². The highest BCUT2D eigenvalue weighted by atomic mass is 19.4. The summed E-state index contributed by atoms with van der Waals surface area (Å²) in [6.45, 7) is 0. The van der Waals surface area contributed by atoms with Gasteiger partial charge in [-0.25, -0.2) is 4.39 Å². The van der Waals surface area contributed by atoms with Crippen LogP contribution in [0.25, 0.3) is 0 Å². The van der Waals surface area contributed by atoms with Gasteiger partial charge >= 0.3 is 6.18 Å². The predicted molar refractivity (Wildman–Crippen MR) is 117 cm³/mol. The molecule has 1 N–H and O–H groups in total. The average molecular weight is 474 g/mol. The van der Waals surface area contributed by atoms with Crippen LogP contribution in [0.1, 0.15) is 53.4 Å². The molecule has 1 fully saturated rings. The van der Waals surface area contributed by atoms with Crippen molar-refractivity contribution in [3.05, 3.63) is 89.6 Å². The van der Waals surface area contributed by atoms with Crippen molar-refractivity contribution in [1.29, 1.82) is 0 Å². The molecule has 0 aliphatic heterocycles. The van der Waals surface area contributed by atoms with E-state index in [1.54, 1.807) is 0 Å². The van der Waals surface area contributed by atoms with Crippen LogP contribution in [-0.2, 0) is 11.0 Å². The molecule has 178 valence electrons. The van der Waals surface area contributed by atoms with Crippen LogP contribution in [0.15, 0.2) is 71.3 Å². The molecule has 5 nitrogen and oxygen atoms in total. The lowest BCUT2D eigenvalue weighted by Crippen LogP contribution is -2.46. The van der Waals surface area contributed by atoms with Crippen LogP contribution in [0.5, 0.6) is 0 Å².